The minimum absolute atomic E-state index is 0. The summed E-state index contributed by atoms with van der Waals surface area (Å²) in [5.41, 5.74) is 0. The lowest BCUT2D eigenvalue weighted by molar-refractivity contribution is 0.423. The third kappa shape index (κ3) is 9.24. The lowest BCUT2D eigenvalue weighted by atomic mass is 9.97. The average molecular weight is 341 g/mol. The fourth-order valence-electron chi connectivity index (χ4n) is 1.77. The van der Waals surface area contributed by atoms with Gasteiger partial charge < -0.3 is 10.6 Å². The minimum atomic E-state index is 0. The predicted molar refractivity (Wildman–Crippen MR) is 83.8 cm³/mol. The lowest BCUT2D eigenvalue weighted by Gasteiger charge is -2.17. The summed E-state index contributed by atoms with van der Waals surface area (Å²) in [6.45, 7) is 5.55. The van der Waals surface area contributed by atoms with Crippen molar-refractivity contribution >= 4 is 29.9 Å². The van der Waals surface area contributed by atoms with E-state index in [1.54, 1.807) is 7.05 Å². The molecule has 1 atom stereocenters. The van der Waals surface area contributed by atoms with E-state index in [1.165, 1.54) is 32.1 Å². The summed E-state index contributed by atoms with van der Waals surface area (Å²) in [7, 11) is 3.70. The van der Waals surface area contributed by atoms with Gasteiger partial charge in [-0.2, -0.15) is 0 Å². The van der Waals surface area contributed by atoms with Crippen molar-refractivity contribution in [2.45, 2.75) is 46.0 Å². The number of hydrogen-bond donors (Lipinski definition) is 2. The van der Waals surface area contributed by atoms with E-state index in [0.717, 1.165) is 18.4 Å². The Labute approximate surface area is 118 Å². The standard InChI is InChI=1S/C12H27N3.HI/c1-5-7-9-11(8-6-2)10-15-12(13-3)14-4;/h11H,5-10H2,1-4H3,(H2,13,14,15);1H. The zero-order valence-corrected chi connectivity index (χ0v) is 13.5. The molecule has 0 amide bonds. The van der Waals surface area contributed by atoms with Gasteiger partial charge in [-0.05, 0) is 18.8 Å². The molecule has 4 heteroatoms. The van der Waals surface area contributed by atoms with Gasteiger partial charge in [-0.25, -0.2) is 0 Å². The largest absolute Gasteiger partial charge is 0.359 e. The van der Waals surface area contributed by atoms with Crippen LogP contribution in [0.1, 0.15) is 46.0 Å². The summed E-state index contributed by atoms with van der Waals surface area (Å²) in [5.74, 6) is 1.69. The van der Waals surface area contributed by atoms with Crippen molar-refractivity contribution in [3.05, 3.63) is 0 Å². The Morgan fingerprint density at radius 2 is 1.88 bits per heavy atom. The van der Waals surface area contributed by atoms with Crippen molar-refractivity contribution < 1.29 is 0 Å². The summed E-state index contributed by atoms with van der Waals surface area (Å²) in [6, 6.07) is 0. The van der Waals surface area contributed by atoms with Gasteiger partial charge >= 0.3 is 0 Å². The highest BCUT2D eigenvalue weighted by molar-refractivity contribution is 14.0. The van der Waals surface area contributed by atoms with Crippen LogP contribution in [0.2, 0.25) is 0 Å². The Balaban J connectivity index is 0. The quantitative estimate of drug-likeness (QED) is 0.424. The zero-order valence-electron chi connectivity index (χ0n) is 11.2. The Kier molecular flexibility index (Phi) is 15.0. The maximum Gasteiger partial charge on any atom is 0.190 e. The number of hydrogen-bond acceptors (Lipinski definition) is 1. The molecule has 0 fully saturated rings. The first-order valence-corrected chi connectivity index (χ1v) is 6.16. The Bertz CT molecular complexity index is 172. The number of halogens is 1. The van der Waals surface area contributed by atoms with Gasteiger partial charge in [0.05, 0.1) is 0 Å². The molecule has 0 aliphatic heterocycles. The highest BCUT2D eigenvalue weighted by Gasteiger charge is 2.07. The summed E-state index contributed by atoms with van der Waals surface area (Å²) in [6.07, 6.45) is 6.55. The van der Waals surface area contributed by atoms with E-state index in [9.17, 15) is 0 Å². The van der Waals surface area contributed by atoms with Crippen LogP contribution in [-0.4, -0.2) is 26.6 Å². The molecule has 3 nitrogen and oxygen atoms in total. The highest BCUT2D eigenvalue weighted by Crippen LogP contribution is 2.13. The average Bonchev–Trinajstić information content (AvgIpc) is 2.27. The van der Waals surface area contributed by atoms with Gasteiger partial charge in [0, 0.05) is 20.6 Å². The van der Waals surface area contributed by atoms with E-state index in [4.69, 9.17) is 0 Å². The van der Waals surface area contributed by atoms with Crippen molar-refractivity contribution in [2.24, 2.45) is 10.9 Å². The van der Waals surface area contributed by atoms with Crippen LogP contribution in [0.25, 0.3) is 0 Å². The second-order valence-electron chi connectivity index (χ2n) is 4.00. The van der Waals surface area contributed by atoms with Crippen LogP contribution < -0.4 is 10.6 Å². The first-order chi connectivity index (χ1) is 7.28. The highest BCUT2D eigenvalue weighted by atomic mass is 127. The minimum Gasteiger partial charge on any atom is -0.359 e. The van der Waals surface area contributed by atoms with Crippen LogP contribution in [0.3, 0.4) is 0 Å². The molecule has 0 saturated heterocycles. The van der Waals surface area contributed by atoms with Crippen LogP contribution in [-0.2, 0) is 0 Å². The molecule has 0 rings (SSSR count). The van der Waals surface area contributed by atoms with Crippen molar-refractivity contribution in [1.82, 2.24) is 10.6 Å². The molecule has 0 spiro atoms. The number of guanidine groups is 1. The van der Waals surface area contributed by atoms with Gasteiger partial charge in [0.25, 0.3) is 0 Å². The first kappa shape index (κ1) is 18.4. The first-order valence-electron chi connectivity index (χ1n) is 6.16. The SMILES string of the molecule is CCCCC(CCC)CNC(=NC)NC.I. The third-order valence-corrected chi connectivity index (χ3v) is 2.68. The predicted octanol–water partition coefficient (Wildman–Crippen LogP) is 3.01. The fourth-order valence-corrected chi connectivity index (χ4v) is 1.77. The molecule has 0 heterocycles. The molecule has 0 aliphatic rings. The Morgan fingerprint density at radius 1 is 1.19 bits per heavy atom. The molecule has 2 N–H and O–H groups in total. The monoisotopic (exact) mass is 341 g/mol. The number of nitrogens with one attached hydrogen (secondary N) is 2. The van der Waals surface area contributed by atoms with E-state index in [0.29, 0.717) is 0 Å². The van der Waals surface area contributed by atoms with Gasteiger partial charge in [0.15, 0.2) is 5.96 Å². The maximum absolute atomic E-state index is 4.11. The molecule has 0 radical (unpaired) electrons. The van der Waals surface area contributed by atoms with Gasteiger partial charge in [0.2, 0.25) is 0 Å². The Morgan fingerprint density at radius 3 is 2.31 bits per heavy atom. The number of aliphatic imine (C=N–C) groups is 1. The molecule has 0 aromatic carbocycles. The molecular weight excluding hydrogens is 313 g/mol. The van der Waals surface area contributed by atoms with Crippen LogP contribution in [0.15, 0.2) is 4.99 Å². The summed E-state index contributed by atoms with van der Waals surface area (Å²) >= 11 is 0. The van der Waals surface area contributed by atoms with Crippen molar-refractivity contribution in [2.75, 3.05) is 20.6 Å². The van der Waals surface area contributed by atoms with Crippen molar-refractivity contribution in [3.63, 3.8) is 0 Å². The number of unbranched alkanes of at least 4 members (excludes halogenated alkanes) is 1. The molecule has 1 unspecified atom stereocenters. The fraction of sp³-hybridized carbons (Fsp3) is 0.917. The molecule has 16 heavy (non-hydrogen) atoms. The van der Waals surface area contributed by atoms with Crippen LogP contribution in [0.4, 0.5) is 0 Å². The van der Waals surface area contributed by atoms with Gasteiger partial charge in [0.1, 0.15) is 0 Å². The smallest absolute Gasteiger partial charge is 0.190 e. The molecular formula is C12H28IN3. The molecule has 0 aromatic rings. The van der Waals surface area contributed by atoms with Crippen LogP contribution >= 0.6 is 24.0 Å². The summed E-state index contributed by atoms with van der Waals surface area (Å²) in [5, 5.41) is 6.40. The lowest BCUT2D eigenvalue weighted by Crippen LogP contribution is -2.37. The van der Waals surface area contributed by atoms with Crippen molar-refractivity contribution in [3.8, 4) is 0 Å². The number of rotatable bonds is 7. The van der Waals surface area contributed by atoms with Gasteiger partial charge in [-0.3, -0.25) is 4.99 Å². The van der Waals surface area contributed by atoms with Gasteiger partial charge in [-0.1, -0.05) is 33.1 Å². The molecule has 0 aromatic heterocycles. The molecule has 0 aliphatic carbocycles. The summed E-state index contributed by atoms with van der Waals surface area (Å²) in [4.78, 5) is 4.11. The van der Waals surface area contributed by atoms with E-state index < -0.39 is 0 Å². The van der Waals surface area contributed by atoms with Crippen LogP contribution in [0, 0.1) is 5.92 Å². The van der Waals surface area contributed by atoms with Crippen molar-refractivity contribution in [1.29, 1.82) is 0 Å². The third-order valence-electron chi connectivity index (χ3n) is 2.68. The van der Waals surface area contributed by atoms with E-state index in [1.807, 2.05) is 7.05 Å². The number of nitrogens with zero attached hydrogens (tertiary/aromatic N) is 1. The zero-order chi connectivity index (χ0) is 11.5. The second-order valence-corrected chi connectivity index (χ2v) is 4.00. The second kappa shape index (κ2) is 13.1. The normalized spacial score (nSPS) is 12.9. The topological polar surface area (TPSA) is 36.4 Å². The molecule has 0 bridgehead atoms. The van der Waals surface area contributed by atoms with E-state index in [-0.39, 0.29) is 24.0 Å². The maximum atomic E-state index is 4.11. The molecule has 0 saturated carbocycles. The summed E-state index contributed by atoms with van der Waals surface area (Å²) < 4.78 is 0. The van der Waals surface area contributed by atoms with E-state index in [2.05, 4.69) is 29.5 Å². The van der Waals surface area contributed by atoms with E-state index >= 15 is 0 Å². The molecule has 98 valence electrons. The Hall–Kier alpha value is 0. The van der Waals surface area contributed by atoms with Crippen LogP contribution in [0.5, 0.6) is 0 Å². The van der Waals surface area contributed by atoms with Gasteiger partial charge in [-0.15, -0.1) is 24.0 Å².